The van der Waals surface area contributed by atoms with Crippen LogP contribution in [0.5, 0.6) is 0 Å². The van der Waals surface area contributed by atoms with E-state index in [1.165, 1.54) is 11.1 Å². The van der Waals surface area contributed by atoms with Crippen molar-refractivity contribution in [2.75, 3.05) is 5.32 Å². The maximum atomic E-state index is 12.4. The Hall–Kier alpha value is -1.39. The maximum absolute atomic E-state index is 12.4. The number of benzene rings is 2. The Morgan fingerprint density at radius 2 is 1.77 bits per heavy atom. The van der Waals surface area contributed by atoms with Crippen LogP contribution in [0.4, 0.5) is 5.69 Å². The number of nitrogens with one attached hydrogen (secondary N) is 1. The van der Waals surface area contributed by atoms with Crippen molar-refractivity contribution in [1.82, 2.24) is 0 Å². The summed E-state index contributed by atoms with van der Waals surface area (Å²) in [4.78, 5) is 12.4. The summed E-state index contributed by atoms with van der Waals surface area (Å²) in [5, 5.41) is 2.96. The third-order valence-corrected chi connectivity index (χ3v) is 5.40. The third kappa shape index (κ3) is 2.55. The number of anilines is 1. The van der Waals surface area contributed by atoms with Crippen molar-refractivity contribution in [2.24, 2.45) is 0 Å². The van der Waals surface area contributed by atoms with E-state index in [1.54, 1.807) is 0 Å². The van der Waals surface area contributed by atoms with Crippen LogP contribution in [-0.2, 0) is 4.79 Å². The lowest BCUT2D eigenvalue weighted by molar-refractivity contribution is -0.110. The van der Waals surface area contributed by atoms with Crippen LogP contribution in [-0.4, -0.2) is 5.91 Å². The number of carbonyl (C=O) groups excluding carboxylic acids is 1. The molecule has 0 bridgehead atoms. The molecule has 0 saturated carbocycles. The Balaban J connectivity index is 2.22. The minimum Gasteiger partial charge on any atom is -0.320 e. The summed E-state index contributed by atoms with van der Waals surface area (Å²) in [6.07, 6.45) is 1.97. The van der Waals surface area contributed by atoms with Gasteiger partial charge in [0.05, 0.1) is 5.69 Å². The van der Waals surface area contributed by atoms with Gasteiger partial charge in [-0.25, -0.2) is 0 Å². The van der Waals surface area contributed by atoms with E-state index in [0.717, 1.165) is 31.3 Å². The fourth-order valence-corrected chi connectivity index (χ4v) is 4.01. The molecule has 2 aromatic rings. The van der Waals surface area contributed by atoms with E-state index in [2.05, 4.69) is 69.2 Å². The summed E-state index contributed by atoms with van der Waals surface area (Å²) >= 11 is 7.08. The van der Waals surface area contributed by atoms with Crippen LogP contribution in [0.1, 0.15) is 27.8 Å². The second-order valence-electron chi connectivity index (χ2n) is 5.59. The largest absolute Gasteiger partial charge is 0.320 e. The number of fused-ring (bicyclic) bond motifs is 1. The minimum atomic E-state index is -0.0584. The summed E-state index contributed by atoms with van der Waals surface area (Å²) in [6, 6.07) is 8.22. The van der Waals surface area contributed by atoms with Gasteiger partial charge >= 0.3 is 0 Å². The number of rotatable bonds is 1. The molecular weight excluding hydrogens is 406 g/mol. The molecule has 0 radical (unpaired) electrons. The molecule has 0 aromatic heterocycles. The lowest BCUT2D eigenvalue weighted by Crippen LogP contribution is -2.04. The van der Waals surface area contributed by atoms with Gasteiger partial charge in [-0.05, 0) is 65.5 Å². The number of hydrogen-bond acceptors (Lipinski definition) is 1. The Morgan fingerprint density at radius 3 is 2.45 bits per heavy atom. The molecular formula is C18H15Br2NO. The summed E-state index contributed by atoms with van der Waals surface area (Å²) in [5.74, 6) is -0.0584. The highest BCUT2D eigenvalue weighted by atomic mass is 79.9. The van der Waals surface area contributed by atoms with Crippen molar-refractivity contribution in [1.29, 1.82) is 0 Å². The molecule has 1 N–H and O–H groups in total. The molecule has 4 heteroatoms. The molecule has 0 unspecified atom stereocenters. The normalized spacial score (nSPS) is 15.1. The topological polar surface area (TPSA) is 29.1 Å². The molecule has 0 spiro atoms. The second-order valence-corrected chi connectivity index (χ2v) is 7.30. The molecule has 2 aromatic carbocycles. The van der Waals surface area contributed by atoms with Gasteiger partial charge in [-0.1, -0.05) is 39.7 Å². The Labute approximate surface area is 146 Å². The van der Waals surface area contributed by atoms with E-state index in [4.69, 9.17) is 0 Å². The van der Waals surface area contributed by atoms with Gasteiger partial charge in [0.25, 0.3) is 5.91 Å². The third-order valence-electron chi connectivity index (χ3n) is 3.95. The van der Waals surface area contributed by atoms with Gasteiger partial charge in [-0.2, -0.15) is 0 Å². The van der Waals surface area contributed by atoms with E-state index in [0.29, 0.717) is 5.57 Å². The fourth-order valence-electron chi connectivity index (χ4n) is 2.75. The van der Waals surface area contributed by atoms with Crippen molar-refractivity contribution in [3.05, 3.63) is 61.0 Å². The van der Waals surface area contributed by atoms with E-state index >= 15 is 0 Å². The van der Waals surface area contributed by atoms with Gasteiger partial charge in [0.2, 0.25) is 0 Å². The molecule has 0 aliphatic carbocycles. The minimum absolute atomic E-state index is 0.0584. The van der Waals surface area contributed by atoms with Crippen LogP contribution in [0.2, 0.25) is 0 Å². The number of halogens is 2. The first-order valence-corrected chi connectivity index (χ1v) is 8.56. The van der Waals surface area contributed by atoms with Crippen molar-refractivity contribution in [2.45, 2.75) is 20.8 Å². The van der Waals surface area contributed by atoms with E-state index in [1.807, 2.05) is 19.1 Å². The molecule has 0 atom stereocenters. The summed E-state index contributed by atoms with van der Waals surface area (Å²) < 4.78 is 1.87. The monoisotopic (exact) mass is 419 g/mol. The van der Waals surface area contributed by atoms with Gasteiger partial charge in [-0.15, -0.1) is 0 Å². The van der Waals surface area contributed by atoms with Crippen LogP contribution < -0.4 is 5.32 Å². The van der Waals surface area contributed by atoms with Gasteiger partial charge in [0.1, 0.15) is 0 Å². The van der Waals surface area contributed by atoms with Crippen molar-refractivity contribution in [3.8, 4) is 0 Å². The molecule has 3 rings (SSSR count). The van der Waals surface area contributed by atoms with Crippen LogP contribution in [0.3, 0.4) is 0 Å². The number of aryl methyl sites for hydroxylation is 2. The first kappa shape index (κ1) is 15.5. The molecule has 1 amide bonds. The fraction of sp³-hybridized carbons (Fsp3) is 0.167. The standard InChI is InChI=1S/C18H15Br2NO/c1-9-4-5-12(10(2)6-9)7-13-16-11(3)14(19)8-15(20)17(16)21-18(13)22/h4-8H,1-3H3,(H,21,22). The molecule has 0 saturated heterocycles. The molecule has 2 nitrogen and oxygen atoms in total. The van der Waals surface area contributed by atoms with Gasteiger partial charge in [0.15, 0.2) is 0 Å². The summed E-state index contributed by atoms with van der Waals surface area (Å²) in [7, 11) is 0. The lowest BCUT2D eigenvalue weighted by Gasteiger charge is -2.09. The summed E-state index contributed by atoms with van der Waals surface area (Å²) in [6.45, 7) is 6.15. The summed E-state index contributed by atoms with van der Waals surface area (Å²) in [5.41, 5.74) is 7.04. The smallest absolute Gasteiger partial charge is 0.256 e. The highest BCUT2D eigenvalue weighted by Gasteiger charge is 2.29. The van der Waals surface area contributed by atoms with Crippen LogP contribution in [0, 0.1) is 20.8 Å². The van der Waals surface area contributed by atoms with Gasteiger partial charge < -0.3 is 5.32 Å². The van der Waals surface area contributed by atoms with Crippen LogP contribution >= 0.6 is 31.9 Å². The first-order valence-electron chi connectivity index (χ1n) is 6.97. The maximum Gasteiger partial charge on any atom is 0.256 e. The molecule has 1 heterocycles. The quantitative estimate of drug-likeness (QED) is 0.595. The Morgan fingerprint density at radius 1 is 1.05 bits per heavy atom. The number of amides is 1. The van der Waals surface area contributed by atoms with E-state index in [-0.39, 0.29) is 5.91 Å². The highest BCUT2D eigenvalue weighted by molar-refractivity contribution is 9.11. The zero-order valence-electron chi connectivity index (χ0n) is 12.6. The first-order chi connectivity index (χ1) is 10.4. The SMILES string of the molecule is Cc1ccc(C=C2C(=O)Nc3c(Br)cc(Br)c(C)c32)c(C)c1. The predicted molar refractivity (Wildman–Crippen MR) is 99.0 cm³/mol. The van der Waals surface area contributed by atoms with Crippen molar-refractivity contribution < 1.29 is 4.79 Å². The van der Waals surface area contributed by atoms with Gasteiger partial charge in [-0.3, -0.25) is 4.79 Å². The molecule has 1 aliphatic heterocycles. The number of hydrogen-bond donors (Lipinski definition) is 1. The number of carbonyl (C=O) groups is 1. The molecule has 112 valence electrons. The predicted octanol–water partition coefficient (Wildman–Crippen LogP) is 5.63. The van der Waals surface area contributed by atoms with E-state index < -0.39 is 0 Å². The lowest BCUT2D eigenvalue weighted by atomic mass is 9.97. The van der Waals surface area contributed by atoms with E-state index in [9.17, 15) is 4.79 Å². The second kappa shape index (κ2) is 5.67. The average Bonchev–Trinajstić information content (AvgIpc) is 2.77. The zero-order valence-corrected chi connectivity index (χ0v) is 15.7. The van der Waals surface area contributed by atoms with Crippen molar-refractivity contribution in [3.63, 3.8) is 0 Å². The zero-order chi connectivity index (χ0) is 16.0. The molecule has 1 aliphatic rings. The van der Waals surface area contributed by atoms with Crippen molar-refractivity contribution >= 4 is 55.1 Å². The average molecular weight is 421 g/mol. The highest BCUT2D eigenvalue weighted by Crippen LogP contribution is 2.43. The molecule has 0 fully saturated rings. The van der Waals surface area contributed by atoms with Crippen LogP contribution in [0.25, 0.3) is 11.6 Å². The molecule has 22 heavy (non-hydrogen) atoms. The Bertz CT molecular complexity index is 837. The Kier molecular flexibility index (Phi) is 4.00. The van der Waals surface area contributed by atoms with Crippen LogP contribution in [0.15, 0.2) is 33.2 Å². The van der Waals surface area contributed by atoms with Gasteiger partial charge in [0, 0.05) is 20.1 Å².